The van der Waals surface area contributed by atoms with Crippen LogP contribution in [0.4, 0.5) is 5.69 Å². The first-order valence-corrected chi connectivity index (χ1v) is 21.5. The molecule has 0 radical (unpaired) electrons. The van der Waals surface area contributed by atoms with Gasteiger partial charge in [-0.3, -0.25) is 24.1 Å². The molecule has 14 atom stereocenters. The van der Waals surface area contributed by atoms with Crippen LogP contribution in [0.2, 0.25) is 0 Å². The summed E-state index contributed by atoms with van der Waals surface area (Å²) >= 11 is 0. The number of aliphatic hydroxyl groups is 4. The topological polar surface area (TPSA) is 208 Å². The third kappa shape index (κ3) is 11.9. The van der Waals surface area contributed by atoms with Gasteiger partial charge in [0.25, 0.3) is 0 Å². The van der Waals surface area contributed by atoms with Crippen LogP contribution >= 0.6 is 0 Å². The van der Waals surface area contributed by atoms with Gasteiger partial charge < -0.3 is 54.5 Å². The molecule has 1 unspecified atom stereocenters. The van der Waals surface area contributed by atoms with Crippen molar-refractivity contribution < 1.29 is 58.6 Å². The number of nitrogens with zero attached hydrogens (tertiary/aromatic N) is 3. The summed E-state index contributed by atoms with van der Waals surface area (Å²) in [6.45, 7) is 17.1. The third-order valence-electron chi connectivity index (χ3n) is 12.8. The number of carbonyl (C=O) groups is 4. The van der Waals surface area contributed by atoms with Crippen molar-refractivity contribution in [2.45, 2.75) is 148 Å². The van der Waals surface area contributed by atoms with Crippen LogP contribution < -0.4 is 10.2 Å². The Kier molecular flexibility index (Phi) is 17.3. The molecule has 16 nitrogen and oxygen atoms in total. The number of likely N-dealkylation sites (N-methyl/N-ethyl adjacent to an activating group) is 1. The Labute approximate surface area is 355 Å². The van der Waals surface area contributed by atoms with Gasteiger partial charge in [0.15, 0.2) is 17.9 Å². The smallest absolute Gasteiger partial charge is 0.316 e. The summed E-state index contributed by atoms with van der Waals surface area (Å²) in [5.74, 6) is -5.64. The van der Waals surface area contributed by atoms with Crippen LogP contribution in [-0.2, 0) is 33.3 Å². The van der Waals surface area contributed by atoms with Gasteiger partial charge in [0, 0.05) is 62.0 Å². The molecule has 0 aliphatic carbocycles. The van der Waals surface area contributed by atoms with E-state index in [1.54, 1.807) is 27.7 Å². The minimum absolute atomic E-state index is 0.00808. The quantitative estimate of drug-likeness (QED) is 0.122. The van der Waals surface area contributed by atoms with Crippen LogP contribution in [0, 0.1) is 17.8 Å². The lowest BCUT2D eigenvalue weighted by molar-refractivity contribution is -0.298. The van der Waals surface area contributed by atoms with Crippen LogP contribution in [0.1, 0.15) is 91.9 Å². The maximum atomic E-state index is 14.4. The zero-order valence-corrected chi connectivity index (χ0v) is 37.5. The number of nitrogens with one attached hydrogen (secondary N) is 1. The summed E-state index contributed by atoms with van der Waals surface area (Å²) in [6.07, 6.45) is -7.11. The molecule has 0 spiro atoms. The van der Waals surface area contributed by atoms with Crippen molar-refractivity contribution in [2.24, 2.45) is 17.8 Å². The Morgan fingerprint density at radius 1 is 1.00 bits per heavy atom. The van der Waals surface area contributed by atoms with Gasteiger partial charge in [-0.1, -0.05) is 20.8 Å². The first-order valence-electron chi connectivity index (χ1n) is 21.5. The van der Waals surface area contributed by atoms with Gasteiger partial charge in [0.2, 0.25) is 5.91 Å². The van der Waals surface area contributed by atoms with Crippen molar-refractivity contribution in [3.8, 4) is 0 Å². The SMILES string of the molecule is CC[C@H]1OC(=O)[C@H](C)C(=O)[C@H](C)[C@@H](O[C@@H]2O[C@H](C)C[C@H](N(C)C)[C@H]2O)[C@](C)(OCC(O)CN2CCN(c3ccc(C(C)=O)cc3)CC2)C[C@@H](C)NC(=O)[C@H](C)[C@@H](O)[C@]1(C)O. The van der Waals surface area contributed by atoms with E-state index in [0.29, 0.717) is 38.2 Å². The molecule has 0 bridgehead atoms. The Bertz CT molecular complexity index is 1600. The highest BCUT2D eigenvalue weighted by atomic mass is 16.7. The van der Waals surface area contributed by atoms with Crippen LogP contribution in [-0.4, -0.2) is 173 Å². The van der Waals surface area contributed by atoms with E-state index in [9.17, 15) is 39.6 Å². The molecule has 0 aromatic heterocycles. The molecule has 3 aliphatic rings. The molecule has 60 heavy (non-hydrogen) atoms. The normalized spacial score (nSPS) is 37.5. The summed E-state index contributed by atoms with van der Waals surface area (Å²) in [5, 5.41) is 48.8. The monoisotopic (exact) mass is 849 g/mol. The average molecular weight is 849 g/mol. The van der Waals surface area contributed by atoms with Crippen LogP contribution in [0.3, 0.4) is 0 Å². The highest BCUT2D eigenvalue weighted by Crippen LogP contribution is 2.37. The molecule has 5 N–H and O–H groups in total. The van der Waals surface area contributed by atoms with Gasteiger partial charge in [0.1, 0.15) is 23.7 Å². The predicted molar refractivity (Wildman–Crippen MR) is 224 cm³/mol. The van der Waals surface area contributed by atoms with E-state index in [4.69, 9.17) is 18.9 Å². The lowest BCUT2D eigenvalue weighted by atomic mass is 9.79. The summed E-state index contributed by atoms with van der Waals surface area (Å²) in [6, 6.07) is 6.50. The van der Waals surface area contributed by atoms with E-state index in [2.05, 4.69) is 15.1 Å². The Balaban J connectivity index is 1.65. The molecule has 1 aromatic rings. The first kappa shape index (κ1) is 49.6. The number of carbonyl (C=O) groups excluding carboxylic acids is 4. The van der Waals surface area contributed by atoms with Gasteiger partial charge in [-0.05, 0) is 99.2 Å². The minimum atomic E-state index is -2.04. The number of piperazine rings is 1. The molecular weight excluding hydrogens is 776 g/mol. The van der Waals surface area contributed by atoms with E-state index in [-0.39, 0.29) is 43.9 Å². The van der Waals surface area contributed by atoms with Gasteiger partial charge >= 0.3 is 5.97 Å². The molecule has 1 aromatic carbocycles. The maximum Gasteiger partial charge on any atom is 0.316 e. The van der Waals surface area contributed by atoms with Crippen molar-refractivity contribution >= 4 is 29.1 Å². The number of benzene rings is 1. The number of amides is 1. The van der Waals surface area contributed by atoms with E-state index in [0.717, 1.165) is 5.69 Å². The van der Waals surface area contributed by atoms with Crippen LogP contribution in [0.25, 0.3) is 0 Å². The number of Topliss-reactive ketones (excluding diaryl/α,β-unsaturated/α-hetero) is 2. The molecule has 3 fully saturated rings. The van der Waals surface area contributed by atoms with E-state index >= 15 is 0 Å². The lowest BCUT2D eigenvalue weighted by Gasteiger charge is -2.47. The van der Waals surface area contributed by atoms with Gasteiger partial charge in [0.05, 0.1) is 42.5 Å². The number of hydrogen-bond acceptors (Lipinski definition) is 15. The van der Waals surface area contributed by atoms with Gasteiger partial charge in [-0.15, -0.1) is 0 Å². The molecule has 340 valence electrons. The second-order valence-corrected chi connectivity index (χ2v) is 18.1. The van der Waals surface area contributed by atoms with Crippen LogP contribution in [0.5, 0.6) is 0 Å². The van der Waals surface area contributed by atoms with E-state index in [1.165, 1.54) is 27.7 Å². The fraction of sp³-hybridized carbons (Fsp3) is 0.773. The Hall–Kier alpha value is -3.06. The molecule has 16 heteroatoms. The number of rotatable bonds is 11. The Morgan fingerprint density at radius 3 is 2.18 bits per heavy atom. The zero-order valence-electron chi connectivity index (χ0n) is 37.5. The molecule has 3 saturated heterocycles. The predicted octanol–water partition coefficient (Wildman–Crippen LogP) is 1.78. The van der Waals surface area contributed by atoms with E-state index < -0.39 is 89.5 Å². The van der Waals surface area contributed by atoms with Crippen molar-refractivity contribution in [2.75, 3.05) is 58.3 Å². The average Bonchev–Trinajstić information content (AvgIpc) is 3.20. The van der Waals surface area contributed by atoms with Crippen molar-refractivity contribution in [3.63, 3.8) is 0 Å². The molecule has 3 aliphatic heterocycles. The third-order valence-corrected chi connectivity index (χ3v) is 12.8. The second-order valence-electron chi connectivity index (χ2n) is 18.1. The number of ketones is 2. The van der Waals surface area contributed by atoms with Crippen molar-refractivity contribution in [1.82, 2.24) is 15.1 Å². The molecule has 3 heterocycles. The fourth-order valence-electron chi connectivity index (χ4n) is 8.97. The summed E-state index contributed by atoms with van der Waals surface area (Å²) in [4.78, 5) is 59.8. The van der Waals surface area contributed by atoms with Gasteiger partial charge in [-0.2, -0.15) is 0 Å². The Morgan fingerprint density at radius 2 is 1.62 bits per heavy atom. The zero-order chi connectivity index (χ0) is 44.9. The number of aliphatic hydroxyl groups excluding tert-OH is 3. The number of esters is 1. The minimum Gasteiger partial charge on any atom is -0.459 e. The highest BCUT2D eigenvalue weighted by molar-refractivity contribution is 6.00. The molecule has 1 amide bonds. The summed E-state index contributed by atoms with van der Waals surface area (Å²) in [7, 11) is 3.69. The number of anilines is 1. The van der Waals surface area contributed by atoms with Crippen molar-refractivity contribution in [1.29, 1.82) is 0 Å². The number of β-amino-alcohol motifs (C(OH)–C–C–N with tert-alkyl or cyclic N) is 1. The molecule has 4 rings (SSSR count). The largest absolute Gasteiger partial charge is 0.459 e. The number of cyclic esters (lactones) is 1. The van der Waals surface area contributed by atoms with Crippen LogP contribution in [0.15, 0.2) is 24.3 Å². The summed E-state index contributed by atoms with van der Waals surface area (Å²) in [5.41, 5.74) is -1.84. The molecular formula is C44H72N4O12. The standard InChI is InChI=1S/C44H72N4O12/c1-12-35-44(9,56)38(53)29(6)40(54)45-25(2)22-43(8,57-24-33(50)23-47-17-19-48(20-18-47)32-15-13-31(14-16-32)30(7)49)39(27(4)36(51)28(5)41(55)59-35)60-42-37(52)34(46(10)11)21-26(3)58-42/h13-16,25-29,33-35,37-39,42,50,52-53,56H,12,17-24H2,1-11H3,(H,45,54)/t25-,26-,27+,28-,29-,33?,34+,35-,37-,38-,39-,42+,43-,44-/m1/s1. The van der Waals surface area contributed by atoms with Gasteiger partial charge in [-0.25, -0.2) is 0 Å². The van der Waals surface area contributed by atoms with E-state index in [1.807, 2.05) is 50.2 Å². The number of ether oxygens (including phenoxy) is 4. The highest BCUT2D eigenvalue weighted by Gasteiger charge is 2.51. The lowest BCUT2D eigenvalue weighted by Crippen LogP contribution is -2.60. The number of hydrogen-bond donors (Lipinski definition) is 5. The summed E-state index contributed by atoms with van der Waals surface area (Å²) < 4.78 is 25.3. The fourth-order valence-corrected chi connectivity index (χ4v) is 8.97. The molecule has 0 saturated carbocycles. The second kappa shape index (κ2) is 20.9. The maximum absolute atomic E-state index is 14.4. The van der Waals surface area contributed by atoms with Crippen molar-refractivity contribution in [3.05, 3.63) is 29.8 Å². The first-order chi connectivity index (χ1) is 28.0.